The van der Waals surface area contributed by atoms with Crippen molar-refractivity contribution in [1.82, 2.24) is 4.98 Å². The van der Waals surface area contributed by atoms with E-state index in [0.717, 1.165) is 0 Å². The van der Waals surface area contributed by atoms with Gasteiger partial charge in [0.1, 0.15) is 16.4 Å². The first-order valence-corrected chi connectivity index (χ1v) is 12.6. The topological polar surface area (TPSA) is 68.3 Å². The summed E-state index contributed by atoms with van der Waals surface area (Å²) in [6, 6.07) is 19.8. The molecule has 5 aromatic rings. The molecule has 1 N–H and O–H groups in total. The van der Waals surface area contributed by atoms with Crippen LogP contribution in [-0.2, 0) is 4.74 Å². The van der Waals surface area contributed by atoms with Crippen molar-refractivity contribution in [2.45, 2.75) is 0 Å². The molecule has 0 aliphatic carbocycles. The molecule has 0 atom stereocenters. The van der Waals surface area contributed by atoms with Gasteiger partial charge < -0.3 is 10.1 Å². The van der Waals surface area contributed by atoms with Gasteiger partial charge in [0.05, 0.1) is 33.9 Å². The van der Waals surface area contributed by atoms with Crippen LogP contribution < -0.4 is 5.32 Å². The van der Waals surface area contributed by atoms with E-state index in [9.17, 15) is 14.0 Å². The molecule has 3 aromatic carbocycles. The fraction of sp³-hybridized carbons (Fsp3) is 0.0357. The van der Waals surface area contributed by atoms with Crippen LogP contribution in [0.5, 0.6) is 0 Å². The number of halogens is 3. The van der Waals surface area contributed by atoms with Gasteiger partial charge in [-0.2, -0.15) is 0 Å². The van der Waals surface area contributed by atoms with Crippen LogP contribution >= 0.6 is 34.5 Å². The highest BCUT2D eigenvalue weighted by Crippen LogP contribution is 2.37. The minimum atomic E-state index is -0.619. The Bertz CT molecular complexity index is 1670. The summed E-state index contributed by atoms with van der Waals surface area (Å²) in [5.41, 5.74) is 3.54. The third-order valence-electron chi connectivity index (χ3n) is 5.74. The summed E-state index contributed by atoms with van der Waals surface area (Å²) >= 11 is 13.5. The molecule has 0 aliphatic heterocycles. The number of ether oxygens (including phenoxy) is 1. The summed E-state index contributed by atoms with van der Waals surface area (Å²) in [4.78, 5) is 31.0. The second-order valence-corrected chi connectivity index (χ2v) is 9.70. The number of fused-ring (bicyclic) bond motifs is 1. The minimum absolute atomic E-state index is 0.190. The maximum atomic E-state index is 13.6. The van der Waals surface area contributed by atoms with E-state index in [1.165, 1.54) is 30.6 Å². The molecular formula is C28H17Cl2FN2O3S. The molecule has 37 heavy (non-hydrogen) atoms. The van der Waals surface area contributed by atoms with E-state index in [1.807, 2.05) is 18.2 Å². The summed E-state index contributed by atoms with van der Waals surface area (Å²) in [6.07, 6.45) is 0. The number of hydrogen-bond acceptors (Lipinski definition) is 5. The van der Waals surface area contributed by atoms with E-state index in [2.05, 4.69) is 5.32 Å². The van der Waals surface area contributed by atoms with Crippen LogP contribution in [-0.4, -0.2) is 24.0 Å². The molecule has 184 valence electrons. The molecule has 2 heterocycles. The Morgan fingerprint density at radius 3 is 2.41 bits per heavy atom. The minimum Gasteiger partial charge on any atom is -0.465 e. The lowest BCUT2D eigenvalue weighted by Gasteiger charge is -2.12. The number of methoxy groups -OCH3 is 1. The van der Waals surface area contributed by atoms with E-state index in [1.54, 1.807) is 47.8 Å². The van der Waals surface area contributed by atoms with Crippen molar-refractivity contribution in [2.24, 2.45) is 0 Å². The molecule has 0 spiro atoms. The largest absolute Gasteiger partial charge is 0.465 e. The van der Waals surface area contributed by atoms with Crippen LogP contribution in [0, 0.1) is 5.82 Å². The zero-order valence-corrected chi connectivity index (χ0v) is 21.5. The number of amides is 1. The van der Waals surface area contributed by atoms with Crippen LogP contribution in [0.25, 0.3) is 33.3 Å². The van der Waals surface area contributed by atoms with Gasteiger partial charge >= 0.3 is 5.97 Å². The van der Waals surface area contributed by atoms with Crippen molar-refractivity contribution < 1.29 is 18.7 Å². The SMILES string of the molecule is COC(=O)c1c(-c2ccc(F)cc2)csc1NC(=O)c1cc(-c2ccc(Cl)c(Cl)c2)nc2ccccc12. The predicted molar refractivity (Wildman–Crippen MR) is 146 cm³/mol. The Morgan fingerprint density at radius 1 is 0.946 bits per heavy atom. The van der Waals surface area contributed by atoms with Crippen LogP contribution in [0.4, 0.5) is 9.39 Å². The van der Waals surface area contributed by atoms with Crippen molar-refractivity contribution in [1.29, 1.82) is 0 Å². The maximum absolute atomic E-state index is 13.6. The number of benzene rings is 3. The number of carbonyl (C=O) groups excluding carboxylic acids is 2. The summed E-state index contributed by atoms with van der Waals surface area (Å²) in [5.74, 6) is -1.45. The number of nitrogens with zero attached hydrogens (tertiary/aromatic N) is 1. The zero-order valence-electron chi connectivity index (χ0n) is 19.2. The Balaban J connectivity index is 1.58. The number of esters is 1. The summed E-state index contributed by atoms with van der Waals surface area (Å²) < 4.78 is 18.4. The lowest BCUT2D eigenvalue weighted by Crippen LogP contribution is -2.15. The molecule has 0 unspecified atom stereocenters. The molecule has 0 fully saturated rings. The average Bonchev–Trinajstić information content (AvgIpc) is 3.32. The Kier molecular flexibility index (Phi) is 6.93. The quantitative estimate of drug-likeness (QED) is 0.224. The van der Waals surface area contributed by atoms with Gasteiger partial charge in [0.25, 0.3) is 5.91 Å². The van der Waals surface area contributed by atoms with Gasteiger partial charge in [-0.1, -0.05) is 59.6 Å². The number of thiophene rings is 1. The van der Waals surface area contributed by atoms with Crippen LogP contribution in [0.2, 0.25) is 10.0 Å². The van der Waals surface area contributed by atoms with Crippen LogP contribution in [0.3, 0.4) is 0 Å². The van der Waals surface area contributed by atoms with Gasteiger partial charge in [-0.05, 0) is 42.0 Å². The Hall–Kier alpha value is -3.78. The van der Waals surface area contributed by atoms with Crippen molar-refractivity contribution in [3.8, 4) is 22.4 Å². The molecule has 0 saturated carbocycles. The molecule has 0 aliphatic rings. The highest BCUT2D eigenvalue weighted by molar-refractivity contribution is 7.15. The van der Waals surface area contributed by atoms with Gasteiger partial charge in [-0.3, -0.25) is 4.79 Å². The van der Waals surface area contributed by atoms with Gasteiger partial charge in [0.15, 0.2) is 0 Å². The molecule has 0 bridgehead atoms. The second-order valence-electron chi connectivity index (χ2n) is 8.01. The lowest BCUT2D eigenvalue weighted by atomic mass is 10.0. The summed E-state index contributed by atoms with van der Waals surface area (Å²) in [5, 5.41) is 6.32. The lowest BCUT2D eigenvalue weighted by molar-refractivity contribution is 0.0603. The highest BCUT2D eigenvalue weighted by atomic mass is 35.5. The molecule has 9 heteroatoms. The molecule has 2 aromatic heterocycles. The number of para-hydroxylation sites is 1. The molecule has 0 saturated heterocycles. The first kappa shape index (κ1) is 24.9. The first-order valence-electron chi connectivity index (χ1n) is 11.0. The standard InChI is InChI=1S/C28H17Cl2FN2O3S/c1-36-28(35)25-20(15-6-9-17(31)10-7-15)14-37-27(25)33-26(34)19-13-24(16-8-11-21(29)22(30)12-16)32-23-5-3-2-4-18(19)23/h2-14H,1H3,(H,33,34). The molecular weight excluding hydrogens is 534 g/mol. The Morgan fingerprint density at radius 2 is 1.68 bits per heavy atom. The highest BCUT2D eigenvalue weighted by Gasteiger charge is 2.24. The summed E-state index contributed by atoms with van der Waals surface area (Å²) in [7, 11) is 1.26. The average molecular weight is 551 g/mol. The smallest absolute Gasteiger partial charge is 0.341 e. The fourth-order valence-corrected chi connectivity index (χ4v) is 5.18. The van der Waals surface area contributed by atoms with E-state index < -0.39 is 17.7 Å². The van der Waals surface area contributed by atoms with Gasteiger partial charge in [0, 0.05) is 21.9 Å². The van der Waals surface area contributed by atoms with E-state index in [4.69, 9.17) is 32.9 Å². The van der Waals surface area contributed by atoms with Crippen LogP contribution in [0.15, 0.2) is 78.2 Å². The fourth-order valence-electron chi connectivity index (χ4n) is 3.93. The first-order chi connectivity index (χ1) is 17.9. The van der Waals surface area contributed by atoms with Crippen molar-refractivity contribution in [3.05, 3.63) is 105 Å². The normalized spacial score (nSPS) is 10.9. The third kappa shape index (κ3) is 4.93. The third-order valence-corrected chi connectivity index (χ3v) is 7.37. The molecule has 0 radical (unpaired) electrons. The Labute approximate surface area is 225 Å². The van der Waals surface area contributed by atoms with Crippen LogP contribution in [0.1, 0.15) is 20.7 Å². The van der Waals surface area contributed by atoms with E-state index >= 15 is 0 Å². The van der Waals surface area contributed by atoms with Gasteiger partial charge in [-0.25, -0.2) is 14.2 Å². The number of carbonyl (C=O) groups is 2. The number of rotatable bonds is 5. The van der Waals surface area contributed by atoms with E-state index in [-0.39, 0.29) is 5.56 Å². The summed E-state index contributed by atoms with van der Waals surface area (Å²) in [6.45, 7) is 0. The second kappa shape index (κ2) is 10.3. The molecule has 1 amide bonds. The number of pyridine rings is 1. The number of hydrogen-bond donors (Lipinski definition) is 1. The van der Waals surface area contributed by atoms with Crippen molar-refractivity contribution in [2.75, 3.05) is 12.4 Å². The van der Waals surface area contributed by atoms with Gasteiger partial charge in [-0.15, -0.1) is 11.3 Å². The number of aromatic nitrogens is 1. The molecule has 5 nitrogen and oxygen atoms in total. The maximum Gasteiger partial charge on any atom is 0.341 e. The monoisotopic (exact) mass is 550 g/mol. The van der Waals surface area contributed by atoms with Crippen molar-refractivity contribution >= 4 is 62.3 Å². The van der Waals surface area contributed by atoms with Gasteiger partial charge in [0.2, 0.25) is 0 Å². The number of anilines is 1. The zero-order chi connectivity index (χ0) is 26.1. The number of nitrogens with one attached hydrogen (secondary N) is 1. The predicted octanol–water partition coefficient (Wildman–Crippen LogP) is 8.12. The van der Waals surface area contributed by atoms with Crippen molar-refractivity contribution in [3.63, 3.8) is 0 Å². The van der Waals surface area contributed by atoms with E-state index in [0.29, 0.717) is 53.9 Å². The molecule has 5 rings (SSSR count).